The molecule has 0 saturated heterocycles. The zero-order chi connectivity index (χ0) is 19.9. The number of rotatable bonds is 8. The Bertz CT molecular complexity index is 896. The van der Waals surface area contributed by atoms with Crippen molar-refractivity contribution >= 4 is 17.5 Å². The molecule has 2 heterocycles. The number of hydrogen-bond donors (Lipinski definition) is 2. The number of pyridine rings is 1. The summed E-state index contributed by atoms with van der Waals surface area (Å²) in [6.45, 7) is 4.21. The Morgan fingerprint density at radius 3 is 2.39 bits per heavy atom. The van der Waals surface area contributed by atoms with Gasteiger partial charge in [0.1, 0.15) is 17.3 Å². The molecule has 0 aliphatic rings. The Labute approximate surface area is 165 Å². The molecular weight excluding hydrogens is 354 g/mol. The third-order valence-electron chi connectivity index (χ3n) is 4.30. The molecule has 0 unspecified atom stereocenters. The molecule has 0 aliphatic heterocycles. The summed E-state index contributed by atoms with van der Waals surface area (Å²) in [7, 11) is 3.25. The predicted molar refractivity (Wildman–Crippen MR) is 111 cm³/mol. The number of nitrogens with zero attached hydrogens (tertiary/aromatic N) is 3. The van der Waals surface area contributed by atoms with Gasteiger partial charge in [-0.2, -0.15) is 4.98 Å². The van der Waals surface area contributed by atoms with Crippen molar-refractivity contribution in [3.63, 3.8) is 0 Å². The molecule has 0 saturated carbocycles. The van der Waals surface area contributed by atoms with Gasteiger partial charge in [0, 0.05) is 54.0 Å². The first kappa shape index (κ1) is 19.4. The summed E-state index contributed by atoms with van der Waals surface area (Å²) in [4.78, 5) is 13.5. The van der Waals surface area contributed by atoms with E-state index in [9.17, 15) is 0 Å². The molecule has 2 N–H and O–H groups in total. The fourth-order valence-corrected chi connectivity index (χ4v) is 2.59. The second kappa shape index (κ2) is 9.03. The van der Waals surface area contributed by atoms with E-state index in [1.807, 2.05) is 36.4 Å². The normalized spacial score (nSPS) is 11.6. The van der Waals surface area contributed by atoms with Gasteiger partial charge in [0.25, 0.3) is 0 Å². The van der Waals surface area contributed by atoms with E-state index >= 15 is 0 Å². The zero-order valence-electron chi connectivity index (χ0n) is 16.6. The van der Waals surface area contributed by atoms with Crippen LogP contribution in [0.5, 0.6) is 11.5 Å². The van der Waals surface area contributed by atoms with Gasteiger partial charge in [-0.3, -0.25) is 4.98 Å². The van der Waals surface area contributed by atoms with Crippen LogP contribution in [0.3, 0.4) is 0 Å². The molecule has 0 radical (unpaired) electrons. The van der Waals surface area contributed by atoms with E-state index in [1.165, 1.54) is 0 Å². The van der Waals surface area contributed by atoms with E-state index in [1.54, 1.807) is 26.6 Å². The van der Waals surface area contributed by atoms with Crippen LogP contribution in [-0.2, 0) is 0 Å². The summed E-state index contributed by atoms with van der Waals surface area (Å²) < 4.78 is 10.7. The van der Waals surface area contributed by atoms with Gasteiger partial charge in [-0.25, -0.2) is 4.98 Å². The first-order valence-corrected chi connectivity index (χ1v) is 9.17. The summed E-state index contributed by atoms with van der Waals surface area (Å²) in [5.74, 6) is 2.62. The molecule has 0 spiro atoms. The van der Waals surface area contributed by atoms with Gasteiger partial charge in [0.05, 0.1) is 19.9 Å². The Balaban J connectivity index is 1.98. The van der Waals surface area contributed by atoms with Gasteiger partial charge in [-0.1, -0.05) is 6.92 Å². The van der Waals surface area contributed by atoms with Gasteiger partial charge in [0.2, 0.25) is 5.95 Å². The summed E-state index contributed by atoms with van der Waals surface area (Å²) in [5.41, 5.74) is 2.51. The number of anilines is 3. The Morgan fingerprint density at radius 2 is 1.79 bits per heavy atom. The van der Waals surface area contributed by atoms with Crippen molar-refractivity contribution < 1.29 is 9.47 Å². The molecule has 28 heavy (non-hydrogen) atoms. The quantitative estimate of drug-likeness (QED) is 0.596. The molecule has 3 aromatic rings. The lowest BCUT2D eigenvalue weighted by Crippen LogP contribution is -2.16. The maximum Gasteiger partial charge on any atom is 0.225 e. The minimum Gasteiger partial charge on any atom is -0.497 e. The Kier molecular flexibility index (Phi) is 6.26. The number of methoxy groups -OCH3 is 2. The topological polar surface area (TPSA) is 81.2 Å². The number of benzene rings is 1. The highest BCUT2D eigenvalue weighted by Gasteiger charge is 2.10. The van der Waals surface area contributed by atoms with Gasteiger partial charge in [0.15, 0.2) is 0 Å². The van der Waals surface area contributed by atoms with Crippen molar-refractivity contribution in [2.45, 2.75) is 26.3 Å². The fraction of sp³-hybridized carbons (Fsp3) is 0.286. The molecule has 3 rings (SSSR count). The second-order valence-corrected chi connectivity index (χ2v) is 6.38. The number of aromatic nitrogens is 3. The van der Waals surface area contributed by atoms with E-state index in [0.29, 0.717) is 23.3 Å². The smallest absolute Gasteiger partial charge is 0.225 e. The SMILES string of the molecule is CC[C@H](C)Nc1nc(Nc2cc(OC)cc(OC)c2)cc(-c2cccnc2)n1. The molecule has 0 fully saturated rings. The zero-order valence-corrected chi connectivity index (χ0v) is 16.6. The van der Waals surface area contributed by atoms with Crippen molar-refractivity contribution in [1.82, 2.24) is 15.0 Å². The molecule has 7 heteroatoms. The van der Waals surface area contributed by atoms with Crippen molar-refractivity contribution in [3.05, 3.63) is 48.8 Å². The van der Waals surface area contributed by atoms with Gasteiger partial charge in [-0.15, -0.1) is 0 Å². The average molecular weight is 379 g/mol. The van der Waals surface area contributed by atoms with E-state index in [0.717, 1.165) is 23.4 Å². The summed E-state index contributed by atoms with van der Waals surface area (Å²) in [6.07, 6.45) is 4.49. The highest BCUT2D eigenvalue weighted by Crippen LogP contribution is 2.29. The first-order chi connectivity index (χ1) is 13.6. The van der Waals surface area contributed by atoms with Crippen LogP contribution in [-0.4, -0.2) is 35.2 Å². The van der Waals surface area contributed by atoms with E-state index < -0.39 is 0 Å². The third-order valence-corrected chi connectivity index (χ3v) is 4.30. The van der Waals surface area contributed by atoms with E-state index in [4.69, 9.17) is 9.47 Å². The molecule has 2 aromatic heterocycles. The van der Waals surface area contributed by atoms with Crippen LogP contribution in [0.2, 0.25) is 0 Å². The van der Waals surface area contributed by atoms with Gasteiger partial charge < -0.3 is 20.1 Å². The predicted octanol–water partition coefficient (Wildman–Crippen LogP) is 4.51. The molecule has 7 nitrogen and oxygen atoms in total. The fourth-order valence-electron chi connectivity index (χ4n) is 2.59. The molecule has 0 bridgehead atoms. The number of hydrogen-bond acceptors (Lipinski definition) is 7. The monoisotopic (exact) mass is 379 g/mol. The maximum atomic E-state index is 5.35. The summed E-state index contributed by atoms with van der Waals surface area (Å²) >= 11 is 0. The summed E-state index contributed by atoms with van der Waals surface area (Å²) in [6, 6.07) is 11.6. The number of ether oxygens (including phenoxy) is 2. The van der Waals surface area contributed by atoms with Crippen LogP contribution in [0, 0.1) is 0 Å². The van der Waals surface area contributed by atoms with Gasteiger partial charge >= 0.3 is 0 Å². The van der Waals surface area contributed by atoms with Crippen LogP contribution in [0.15, 0.2) is 48.8 Å². The lowest BCUT2D eigenvalue weighted by atomic mass is 10.2. The second-order valence-electron chi connectivity index (χ2n) is 6.38. The minimum absolute atomic E-state index is 0.258. The minimum atomic E-state index is 0.258. The van der Waals surface area contributed by atoms with Crippen molar-refractivity contribution in [1.29, 1.82) is 0 Å². The lowest BCUT2D eigenvalue weighted by molar-refractivity contribution is 0.395. The van der Waals surface area contributed by atoms with Crippen LogP contribution < -0.4 is 20.1 Å². The maximum absolute atomic E-state index is 5.35. The Morgan fingerprint density at radius 1 is 1.04 bits per heavy atom. The van der Waals surface area contributed by atoms with Crippen molar-refractivity contribution in [3.8, 4) is 22.8 Å². The van der Waals surface area contributed by atoms with Crippen LogP contribution >= 0.6 is 0 Å². The Hall–Kier alpha value is -3.35. The molecule has 146 valence electrons. The summed E-state index contributed by atoms with van der Waals surface area (Å²) in [5, 5.41) is 6.66. The van der Waals surface area contributed by atoms with Crippen molar-refractivity contribution in [2.75, 3.05) is 24.9 Å². The molecule has 0 aliphatic carbocycles. The van der Waals surface area contributed by atoms with E-state index in [2.05, 4.69) is 39.4 Å². The van der Waals surface area contributed by atoms with Crippen molar-refractivity contribution in [2.24, 2.45) is 0 Å². The third kappa shape index (κ3) is 4.88. The van der Waals surface area contributed by atoms with Crippen LogP contribution in [0.1, 0.15) is 20.3 Å². The van der Waals surface area contributed by atoms with Crippen LogP contribution in [0.25, 0.3) is 11.3 Å². The average Bonchev–Trinajstić information content (AvgIpc) is 2.73. The highest BCUT2D eigenvalue weighted by molar-refractivity contribution is 5.68. The highest BCUT2D eigenvalue weighted by atomic mass is 16.5. The van der Waals surface area contributed by atoms with Gasteiger partial charge in [-0.05, 0) is 25.5 Å². The lowest BCUT2D eigenvalue weighted by Gasteiger charge is -2.15. The van der Waals surface area contributed by atoms with E-state index in [-0.39, 0.29) is 6.04 Å². The molecule has 1 atom stereocenters. The molecule has 1 aromatic carbocycles. The van der Waals surface area contributed by atoms with Crippen LogP contribution in [0.4, 0.5) is 17.5 Å². The first-order valence-electron chi connectivity index (χ1n) is 9.17. The standard InChI is InChI=1S/C21H25N5O2/c1-5-14(2)23-21-25-19(15-7-6-8-22-13-15)12-20(26-21)24-16-9-17(27-3)11-18(10-16)28-4/h6-14H,5H2,1-4H3,(H2,23,24,25,26)/t14-/m0/s1. The molecule has 0 amide bonds. The number of nitrogens with one attached hydrogen (secondary N) is 2. The molecular formula is C21H25N5O2. The largest absolute Gasteiger partial charge is 0.497 e.